The lowest BCUT2D eigenvalue weighted by Gasteiger charge is -2.11. The first kappa shape index (κ1) is 15.0. The number of carbonyl (C=O) groups is 1. The van der Waals surface area contributed by atoms with Gasteiger partial charge in [0.2, 0.25) is 0 Å². The molecular weight excluding hydrogens is 284 g/mol. The number of aryl methyl sites for hydroxylation is 1. The Morgan fingerprint density at radius 1 is 0.913 bits per heavy atom. The summed E-state index contributed by atoms with van der Waals surface area (Å²) in [6.07, 6.45) is 0.738. The van der Waals surface area contributed by atoms with E-state index in [0.29, 0.717) is 11.1 Å². The van der Waals surface area contributed by atoms with Gasteiger partial charge in [0, 0.05) is 5.56 Å². The number of hydrogen-bond acceptors (Lipinski definition) is 2. The van der Waals surface area contributed by atoms with Gasteiger partial charge in [-0.05, 0) is 42.2 Å². The summed E-state index contributed by atoms with van der Waals surface area (Å²) in [5, 5.41) is 10.2. The van der Waals surface area contributed by atoms with Gasteiger partial charge in [0.05, 0.1) is 5.56 Å². The van der Waals surface area contributed by atoms with Crippen LogP contribution in [-0.4, -0.2) is 10.9 Å². The van der Waals surface area contributed by atoms with Crippen LogP contribution in [0.15, 0.2) is 72.8 Å². The molecule has 0 saturated carbocycles. The Morgan fingerprint density at radius 3 is 2.17 bits per heavy atom. The summed E-state index contributed by atoms with van der Waals surface area (Å²) in [7, 11) is 0. The fourth-order valence-electron chi connectivity index (χ4n) is 2.67. The zero-order valence-electron chi connectivity index (χ0n) is 13.0. The van der Waals surface area contributed by atoms with Gasteiger partial charge >= 0.3 is 0 Å². The van der Waals surface area contributed by atoms with Gasteiger partial charge in [0.25, 0.3) is 0 Å². The number of phenols is 1. The van der Waals surface area contributed by atoms with Crippen molar-refractivity contribution in [3.05, 3.63) is 101 Å². The van der Waals surface area contributed by atoms with E-state index in [0.717, 1.165) is 17.5 Å². The van der Waals surface area contributed by atoms with Crippen molar-refractivity contribution in [2.24, 2.45) is 0 Å². The second-order valence-electron chi connectivity index (χ2n) is 5.65. The smallest absolute Gasteiger partial charge is 0.196 e. The Kier molecular flexibility index (Phi) is 4.24. The van der Waals surface area contributed by atoms with Gasteiger partial charge in [-0.2, -0.15) is 0 Å². The van der Waals surface area contributed by atoms with Gasteiger partial charge in [-0.25, -0.2) is 0 Å². The molecule has 2 heteroatoms. The number of rotatable bonds is 4. The molecule has 0 fully saturated rings. The number of carbonyl (C=O) groups excluding carboxylic acids is 1. The Balaban J connectivity index is 1.98. The van der Waals surface area contributed by atoms with Crippen molar-refractivity contribution in [1.82, 2.24) is 0 Å². The van der Waals surface area contributed by atoms with Crippen LogP contribution < -0.4 is 0 Å². The molecule has 0 aliphatic carbocycles. The quantitative estimate of drug-likeness (QED) is 0.719. The Hall–Kier alpha value is -2.87. The lowest BCUT2D eigenvalue weighted by atomic mass is 9.94. The molecule has 0 aliphatic rings. The summed E-state index contributed by atoms with van der Waals surface area (Å²) < 4.78 is 0. The van der Waals surface area contributed by atoms with Crippen molar-refractivity contribution in [1.29, 1.82) is 0 Å². The summed E-state index contributed by atoms with van der Waals surface area (Å²) >= 11 is 0. The third-order valence-corrected chi connectivity index (χ3v) is 3.97. The number of hydrogen-bond donors (Lipinski definition) is 1. The van der Waals surface area contributed by atoms with Crippen molar-refractivity contribution in [3.63, 3.8) is 0 Å². The summed E-state index contributed by atoms with van der Waals surface area (Å²) in [5.41, 5.74) is 4.15. The third kappa shape index (κ3) is 3.32. The standard InChI is InChI=1S/C21H18O2/c1-15-12-20(22)19(21(23)17-10-6-3-7-11-17)14-18(15)13-16-8-4-2-5-9-16/h2-12,14,22H,13H2,1H3. The largest absolute Gasteiger partial charge is 0.507 e. The maximum Gasteiger partial charge on any atom is 0.196 e. The molecule has 0 amide bonds. The Morgan fingerprint density at radius 2 is 1.52 bits per heavy atom. The van der Waals surface area contributed by atoms with Gasteiger partial charge in [0.1, 0.15) is 5.75 Å². The summed E-state index contributed by atoms with van der Waals surface area (Å²) in [6.45, 7) is 1.95. The van der Waals surface area contributed by atoms with Crippen LogP contribution in [0.1, 0.15) is 32.6 Å². The molecule has 0 aliphatic heterocycles. The van der Waals surface area contributed by atoms with Gasteiger partial charge in [-0.15, -0.1) is 0 Å². The van der Waals surface area contributed by atoms with Crippen molar-refractivity contribution in [2.45, 2.75) is 13.3 Å². The first-order valence-electron chi connectivity index (χ1n) is 7.61. The van der Waals surface area contributed by atoms with E-state index in [2.05, 4.69) is 12.1 Å². The average Bonchev–Trinajstić information content (AvgIpc) is 2.58. The van der Waals surface area contributed by atoms with Crippen LogP contribution in [0, 0.1) is 6.92 Å². The number of benzene rings is 3. The molecule has 114 valence electrons. The minimum absolute atomic E-state index is 0.0353. The summed E-state index contributed by atoms with van der Waals surface area (Å²) in [4.78, 5) is 12.6. The van der Waals surface area contributed by atoms with E-state index < -0.39 is 0 Å². The van der Waals surface area contributed by atoms with Gasteiger partial charge in [0.15, 0.2) is 5.78 Å². The minimum atomic E-state index is -0.155. The Bertz CT molecular complexity index is 821. The molecule has 0 spiro atoms. The molecule has 0 unspecified atom stereocenters. The highest BCUT2D eigenvalue weighted by Crippen LogP contribution is 2.26. The second-order valence-corrected chi connectivity index (χ2v) is 5.65. The lowest BCUT2D eigenvalue weighted by molar-refractivity contribution is 0.103. The topological polar surface area (TPSA) is 37.3 Å². The molecule has 0 atom stereocenters. The fourth-order valence-corrected chi connectivity index (χ4v) is 2.67. The van der Waals surface area contributed by atoms with Crippen molar-refractivity contribution in [2.75, 3.05) is 0 Å². The van der Waals surface area contributed by atoms with Crippen molar-refractivity contribution >= 4 is 5.78 Å². The minimum Gasteiger partial charge on any atom is -0.507 e. The third-order valence-electron chi connectivity index (χ3n) is 3.97. The van der Waals surface area contributed by atoms with Gasteiger partial charge in [-0.1, -0.05) is 60.7 Å². The van der Waals surface area contributed by atoms with Crippen LogP contribution in [0.4, 0.5) is 0 Å². The maximum atomic E-state index is 12.6. The highest BCUT2D eigenvalue weighted by Gasteiger charge is 2.15. The molecule has 23 heavy (non-hydrogen) atoms. The van der Waals surface area contributed by atoms with Crippen LogP contribution in [0.3, 0.4) is 0 Å². The number of aromatic hydroxyl groups is 1. The van der Waals surface area contributed by atoms with Crippen molar-refractivity contribution < 1.29 is 9.90 Å². The summed E-state index contributed by atoms with van der Waals surface area (Å²) in [6, 6.07) is 22.6. The predicted molar refractivity (Wildman–Crippen MR) is 92.0 cm³/mol. The second kappa shape index (κ2) is 6.49. The highest BCUT2D eigenvalue weighted by atomic mass is 16.3. The Labute approximate surface area is 136 Å². The number of ketones is 1. The molecule has 0 bridgehead atoms. The first-order valence-corrected chi connectivity index (χ1v) is 7.61. The van der Waals surface area contributed by atoms with E-state index in [1.54, 1.807) is 18.2 Å². The predicted octanol–water partition coefficient (Wildman–Crippen LogP) is 4.52. The van der Waals surface area contributed by atoms with Crippen LogP contribution >= 0.6 is 0 Å². The highest BCUT2D eigenvalue weighted by molar-refractivity contribution is 6.10. The molecule has 3 rings (SSSR count). The monoisotopic (exact) mass is 302 g/mol. The first-order chi connectivity index (χ1) is 11.1. The van der Waals surface area contributed by atoms with Crippen LogP contribution in [0.2, 0.25) is 0 Å². The molecule has 3 aromatic rings. The molecular formula is C21H18O2. The van der Waals surface area contributed by atoms with E-state index in [9.17, 15) is 9.90 Å². The van der Waals surface area contributed by atoms with Gasteiger partial charge < -0.3 is 5.11 Å². The zero-order chi connectivity index (χ0) is 16.2. The van der Waals surface area contributed by atoms with Crippen molar-refractivity contribution in [3.8, 4) is 5.75 Å². The van der Waals surface area contributed by atoms with E-state index in [1.165, 1.54) is 5.56 Å². The van der Waals surface area contributed by atoms with Crippen LogP contribution in [-0.2, 0) is 6.42 Å². The van der Waals surface area contributed by atoms with Crippen LogP contribution in [0.5, 0.6) is 5.75 Å². The van der Waals surface area contributed by atoms with E-state index >= 15 is 0 Å². The van der Waals surface area contributed by atoms with Gasteiger partial charge in [-0.3, -0.25) is 4.79 Å². The lowest BCUT2D eigenvalue weighted by Crippen LogP contribution is -2.04. The molecule has 1 N–H and O–H groups in total. The molecule has 0 heterocycles. The molecule has 2 nitrogen and oxygen atoms in total. The normalized spacial score (nSPS) is 10.5. The van der Waals surface area contributed by atoms with E-state index in [4.69, 9.17) is 0 Å². The van der Waals surface area contributed by atoms with E-state index in [1.807, 2.05) is 49.4 Å². The SMILES string of the molecule is Cc1cc(O)c(C(=O)c2ccccc2)cc1Cc1ccccc1. The van der Waals surface area contributed by atoms with E-state index in [-0.39, 0.29) is 11.5 Å². The molecule has 3 aromatic carbocycles. The van der Waals surface area contributed by atoms with Crippen LogP contribution in [0.25, 0.3) is 0 Å². The average molecular weight is 302 g/mol. The maximum absolute atomic E-state index is 12.6. The molecule has 0 radical (unpaired) electrons. The molecule has 0 saturated heterocycles. The zero-order valence-corrected chi connectivity index (χ0v) is 13.0. The number of phenolic OH excluding ortho intramolecular Hbond substituents is 1. The summed E-state index contributed by atoms with van der Waals surface area (Å²) in [5.74, 6) is -0.120. The fraction of sp³-hybridized carbons (Fsp3) is 0.0952. The molecule has 0 aromatic heterocycles.